The highest BCUT2D eigenvalue weighted by atomic mass is 35.5. The Hall–Kier alpha value is -2.66. The van der Waals surface area contributed by atoms with Gasteiger partial charge in [-0.05, 0) is 37.3 Å². The van der Waals surface area contributed by atoms with Crippen molar-refractivity contribution in [3.05, 3.63) is 53.7 Å². The fourth-order valence-corrected chi connectivity index (χ4v) is 2.42. The van der Waals surface area contributed by atoms with Crippen LogP contribution in [0, 0.1) is 0 Å². The van der Waals surface area contributed by atoms with E-state index in [9.17, 15) is 4.79 Å². The maximum absolute atomic E-state index is 11.8. The Bertz CT molecular complexity index is 853. The van der Waals surface area contributed by atoms with Crippen molar-refractivity contribution in [3.8, 4) is 17.1 Å². The molecule has 0 aliphatic rings. The fourth-order valence-electron chi connectivity index (χ4n) is 2.19. The number of hydrogen-bond acceptors (Lipinski definition) is 4. The predicted molar refractivity (Wildman–Crippen MR) is 89.7 cm³/mol. The summed E-state index contributed by atoms with van der Waals surface area (Å²) < 4.78 is 5.34. The number of hydrogen-bond donors (Lipinski definition) is 1. The molecule has 0 saturated carbocycles. The van der Waals surface area contributed by atoms with Crippen LogP contribution >= 0.6 is 11.6 Å². The van der Waals surface area contributed by atoms with E-state index in [1.807, 2.05) is 37.3 Å². The van der Waals surface area contributed by atoms with Crippen molar-refractivity contribution in [3.63, 3.8) is 0 Å². The van der Waals surface area contributed by atoms with Gasteiger partial charge in [-0.25, -0.2) is 9.78 Å². The average Bonchev–Trinajstić information content (AvgIpc) is 2.56. The monoisotopic (exact) mass is 327 g/mol. The van der Waals surface area contributed by atoms with E-state index in [0.717, 1.165) is 5.39 Å². The highest BCUT2D eigenvalue weighted by molar-refractivity contribution is 6.35. The molecule has 0 aliphatic heterocycles. The minimum Gasteiger partial charge on any atom is -0.391 e. The van der Waals surface area contributed by atoms with Crippen LogP contribution in [0.15, 0.2) is 48.7 Å². The first-order valence-corrected chi connectivity index (χ1v) is 7.53. The van der Waals surface area contributed by atoms with Crippen molar-refractivity contribution >= 4 is 28.6 Å². The van der Waals surface area contributed by atoms with Crippen molar-refractivity contribution in [1.29, 1.82) is 0 Å². The summed E-state index contributed by atoms with van der Waals surface area (Å²) in [5.41, 5.74) is 1.91. The number of ether oxygens (including phenoxy) is 1. The lowest BCUT2D eigenvalue weighted by molar-refractivity contribution is 0.199. The molecule has 23 heavy (non-hydrogen) atoms. The SMILES string of the molecule is CCNC(=O)Oc1nc2cccc(Cl)c2cc1-c1ccccn1. The zero-order valence-corrected chi connectivity index (χ0v) is 13.2. The van der Waals surface area contributed by atoms with Gasteiger partial charge in [0.1, 0.15) is 0 Å². The predicted octanol–water partition coefficient (Wildman–Crippen LogP) is 4.06. The first-order chi connectivity index (χ1) is 11.2. The quantitative estimate of drug-likeness (QED) is 0.788. The van der Waals surface area contributed by atoms with Gasteiger partial charge in [0.2, 0.25) is 5.88 Å². The summed E-state index contributed by atoms with van der Waals surface area (Å²) in [5.74, 6) is 0.199. The molecule has 0 bridgehead atoms. The number of carbonyl (C=O) groups is 1. The second kappa shape index (κ2) is 6.62. The lowest BCUT2D eigenvalue weighted by Gasteiger charge is -2.11. The van der Waals surface area contributed by atoms with Gasteiger partial charge < -0.3 is 10.1 Å². The van der Waals surface area contributed by atoms with Gasteiger partial charge in [-0.15, -0.1) is 0 Å². The van der Waals surface area contributed by atoms with E-state index in [4.69, 9.17) is 16.3 Å². The lowest BCUT2D eigenvalue weighted by atomic mass is 10.1. The lowest BCUT2D eigenvalue weighted by Crippen LogP contribution is -2.26. The number of fused-ring (bicyclic) bond motifs is 1. The third-order valence-corrected chi connectivity index (χ3v) is 3.55. The van der Waals surface area contributed by atoms with Crippen molar-refractivity contribution in [1.82, 2.24) is 15.3 Å². The number of pyridine rings is 2. The third kappa shape index (κ3) is 3.24. The summed E-state index contributed by atoms with van der Waals surface area (Å²) in [4.78, 5) is 20.5. The molecule has 1 amide bonds. The maximum Gasteiger partial charge on any atom is 0.413 e. The Morgan fingerprint density at radius 1 is 1.26 bits per heavy atom. The van der Waals surface area contributed by atoms with Gasteiger partial charge >= 0.3 is 6.09 Å². The third-order valence-electron chi connectivity index (χ3n) is 3.22. The Labute approximate surface area is 138 Å². The molecule has 3 aromatic rings. The minimum atomic E-state index is -0.557. The van der Waals surface area contributed by atoms with E-state index in [1.165, 1.54) is 0 Å². The number of amides is 1. The fraction of sp³-hybridized carbons (Fsp3) is 0.118. The molecular formula is C17H14ClN3O2. The molecule has 0 aliphatic carbocycles. The highest BCUT2D eigenvalue weighted by Crippen LogP contribution is 2.33. The zero-order chi connectivity index (χ0) is 16.2. The molecule has 0 radical (unpaired) electrons. The second-order valence-electron chi connectivity index (χ2n) is 4.78. The van der Waals surface area contributed by atoms with Crippen LogP contribution in [-0.2, 0) is 0 Å². The molecule has 1 aromatic carbocycles. The molecule has 6 heteroatoms. The van der Waals surface area contributed by atoms with Gasteiger partial charge in [-0.1, -0.05) is 23.7 Å². The van der Waals surface area contributed by atoms with Crippen LogP contribution in [0.25, 0.3) is 22.2 Å². The maximum atomic E-state index is 11.8. The summed E-state index contributed by atoms with van der Waals surface area (Å²) in [6.07, 6.45) is 1.11. The number of rotatable bonds is 3. The summed E-state index contributed by atoms with van der Waals surface area (Å²) in [7, 11) is 0. The van der Waals surface area contributed by atoms with Crippen molar-refractivity contribution < 1.29 is 9.53 Å². The second-order valence-corrected chi connectivity index (χ2v) is 5.19. The van der Waals surface area contributed by atoms with Crippen LogP contribution in [0.2, 0.25) is 5.02 Å². The van der Waals surface area contributed by atoms with Crippen LogP contribution in [-0.4, -0.2) is 22.6 Å². The standard InChI is InChI=1S/C17H14ClN3O2/c1-2-19-17(22)23-16-12(14-7-3-4-9-20-14)10-11-13(18)6-5-8-15(11)21-16/h3-10H,2H2,1H3,(H,19,22). The van der Waals surface area contributed by atoms with Crippen molar-refractivity contribution in [2.45, 2.75) is 6.92 Å². The van der Waals surface area contributed by atoms with Gasteiger partial charge in [0.15, 0.2) is 0 Å². The molecule has 0 unspecified atom stereocenters. The largest absolute Gasteiger partial charge is 0.413 e. The Morgan fingerprint density at radius 2 is 2.13 bits per heavy atom. The number of carbonyl (C=O) groups excluding carboxylic acids is 1. The van der Waals surface area contributed by atoms with Crippen molar-refractivity contribution in [2.75, 3.05) is 6.54 Å². The molecule has 2 aromatic heterocycles. The molecular weight excluding hydrogens is 314 g/mol. The molecule has 1 N–H and O–H groups in total. The van der Waals surface area contributed by atoms with E-state index in [-0.39, 0.29) is 5.88 Å². The van der Waals surface area contributed by atoms with Gasteiger partial charge in [0, 0.05) is 23.2 Å². The topological polar surface area (TPSA) is 64.1 Å². The molecule has 2 heterocycles. The van der Waals surface area contributed by atoms with Crippen LogP contribution in [0.3, 0.4) is 0 Å². The number of halogens is 1. The zero-order valence-electron chi connectivity index (χ0n) is 12.4. The number of nitrogens with one attached hydrogen (secondary N) is 1. The van der Waals surface area contributed by atoms with Crippen LogP contribution in [0.4, 0.5) is 4.79 Å². The Morgan fingerprint density at radius 3 is 2.87 bits per heavy atom. The number of benzene rings is 1. The highest BCUT2D eigenvalue weighted by Gasteiger charge is 2.15. The number of nitrogens with zero attached hydrogens (tertiary/aromatic N) is 2. The molecule has 3 rings (SSSR count). The van der Waals surface area contributed by atoms with Gasteiger partial charge in [-0.3, -0.25) is 4.98 Å². The van der Waals surface area contributed by atoms with Gasteiger partial charge in [-0.2, -0.15) is 0 Å². The van der Waals surface area contributed by atoms with E-state index in [0.29, 0.717) is 28.3 Å². The molecule has 116 valence electrons. The van der Waals surface area contributed by atoms with Crippen LogP contribution in [0.1, 0.15) is 6.92 Å². The minimum absolute atomic E-state index is 0.199. The molecule has 0 atom stereocenters. The summed E-state index contributed by atoms with van der Waals surface area (Å²) in [6, 6.07) is 12.7. The van der Waals surface area contributed by atoms with Gasteiger partial charge in [0.05, 0.1) is 16.8 Å². The molecule has 5 nitrogen and oxygen atoms in total. The first kappa shape index (κ1) is 15.2. The van der Waals surface area contributed by atoms with Crippen LogP contribution in [0.5, 0.6) is 5.88 Å². The van der Waals surface area contributed by atoms with E-state index in [2.05, 4.69) is 15.3 Å². The molecule has 0 spiro atoms. The summed E-state index contributed by atoms with van der Waals surface area (Å²) >= 11 is 6.24. The van der Waals surface area contributed by atoms with Crippen molar-refractivity contribution in [2.24, 2.45) is 0 Å². The van der Waals surface area contributed by atoms with E-state index in [1.54, 1.807) is 18.3 Å². The van der Waals surface area contributed by atoms with E-state index < -0.39 is 6.09 Å². The van der Waals surface area contributed by atoms with Gasteiger partial charge in [0.25, 0.3) is 0 Å². The Balaban J connectivity index is 2.17. The first-order valence-electron chi connectivity index (χ1n) is 7.15. The Kier molecular flexibility index (Phi) is 4.39. The van der Waals surface area contributed by atoms with E-state index >= 15 is 0 Å². The van der Waals surface area contributed by atoms with Crippen LogP contribution < -0.4 is 10.1 Å². The molecule has 0 fully saturated rings. The number of aromatic nitrogens is 2. The summed E-state index contributed by atoms with van der Waals surface area (Å²) in [6.45, 7) is 2.28. The average molecular weight is 328 g/mol. The summed E-state index contributed by atoms with van der Waals surface area (Å²) in [5, 5.41) is 3.94. The molecule has 0 saturated heterocycles. The smallest absolute Gasteiger partial charge is 0.391 e. The normalized spacial score (nSPS) is 10.5.